The zero-order valence-corrected chi connectivity index (χ0v) is 21.3. The van der Waals surface area contributed by atoms with Gasteiger partial charge in [0.05, 0.1) is 11.4 Å². The van der Waals surface area contributed by atoms with Crippen molar-refractivity contribution >= 4 is 30.1 Å². The Bertz CT molecular complexity index is 1280. The van der Waals surface area contributed by atoms with Crippen LogP contribution in [0.25, 0.3) is 24.3 Å². The average molecular weight is 473 g/mol. The first-order chi connectivity index (χ1) is 17.4. The second-order valence-electron chi connectivity index (χ2n) is 9.25. The summed E-state index contributed by atoms with van der Waals surface area (Å²) in [4.78, 5) is 22.3. The summed E-state index contributed by atoms with van der Waals surface area (Å²) in [5.74, 6) is -0.138. The Morgan fingerprint density at radius 2 is 0.972 bits per heavy atom. The predicted octanol–water partition coefficient (Wildman–Crippen LogP) is 7.91. The molecule has 2 aromatic heterocycles. The van der Waals surface area contributed by atoms with Crippen molar-refractivity contribution in [1.29, 1.82) is 0 Å². The van der Waals surface area contributed by atoms with Crippen LogP contribution in [0, 0.1) is 13.8 Å². The van der Waals surface area contributed by atoms with Gasteiger partial charge in [-0.1, -0.05) is 86.7 Å². The summed E-state index contributed by atoms with van der Waals surface area (Å²) in [6.07, 6.45) is 8.11. The van der Waals surface area contributed by atoms with E-state index in [1.165, 1.54) is 0 Å². The Morgan fingerprint density at radius 1 is 0.583 bits per heavy atom. The van der Waals surface area contributed by atoms with Crippen LogP contribution in [0.4, 0.5) is 0 Å². The van der Waals surface area contributed by atoms with Crippen molar-refractivity contribution in [2.24, 2.45) is 0 Å². The van der Waals surface area contributed by atoms with Gasteiger partial charge in [0.25, 0.3) is 0 Å². The van der Waals surface area contributed by atoms with Gasteiger partial charge < -0.3 is 0 Å². The fourth-order valence-corrected chi connectivity index (χ4v) is 4.17. The van der Waals surface area contributed by atoms with E-state index in [-0.39, 0.29) is 17.6 Å². The Kier molecular flexibility index (Phi) is 8.02. The minimum Gasteiger partial charge on any atom is -0.298 e. The van der Waals surface area contributed by atoms with Gasteiger partial charge >= 0.3 is 0 Å². The molecular weight excluding hydrogens is 440 g/mol. The topological polar surface area (TPSA) is 42.9 Å². The van der Waals surface area contributed by atoms with E-state index in [2.05, 4.69) is 34.2 Å². The number of rotatable bonds is 8. The second-order valence-corrected chi connectivity index (χ2v) is 9.25. The number of Topliss-reactive ketones (excluding diaryl/α,β-unsaturated/α-hetero) is 1. The van der Waals surface area contributed by atoms with Gasteiger partial charge in [-0.05, 0) is 72.5 Å². The highest BCUT2D eigenvalue weighted by molar-refractivity contribution is 5.91. The minimum absolute atomic E-state index is 0.177. The maximum atomic E-state index is 13.3. The molecule has 0 saturated carbocycles. The lowest BCUT2D eigenvalue weighted by Gasteiger charge is -2.17. The van der Waals surface area contributed by atoms with Crippen molar-refractivity contribution in [2.45, 2.75) is 39.5 Å². The molecule has 0 bridgehead atoms. The molecule has 0 aliphatic heterocycles. The molecule has 2 heterocycles. The molecule has 0 radical (unpaired) electrons. The SMILES string of the molecule is Cc1cccc(C=Cc2ccc(C(C)C(=O)C(C)c3ccc(C=Cc4cccc(C)n4)cc3)cc2)n1. The molecule has 4 rings (SSSR count). The summed E-state index contributed by atoms with van der Waals surface area (Å²) in [5, 5.41) is 0. The first-order valence-corrected chi connectivity index (χ1v) is 12.4. The molecule has 0 aliphatic carbocycles. The number of nitrogens with zero attached hydrogens (tertiary/aromatic N) is 2. The lowest BCUT2D eigenvalue weighted by Crippen LogP contribution is -2.16. The van der Waals surface area contributed by atoms with Crippen LogP contribution >= 0.6 is 0 Å². The summed E-state index contributed by atoms with van der Waals surface area (Å²) >= 11 is 0. The zero-order valence-electron chi connectivity index (χ0n) is 21.3. The molecule has 0 N–H and O–H groups in total. The number of aromatic nitrogens is 2. The number of aryl methyl sites for hydroxylation is 2. The van der Waals surface area contributed by atoms with Gasteiger partial charge in [0.2, 0.25) is 0 Å². The molecule has 0 saturated heterocycles. The van der Waals surface area contributed by atoms with Gasteiger partial charge in [-0.3, -0.25) is 14.8 Å². The fourth-order valence-electron chi connectivity index (χ4n) is 4.17. The highest BCUT2D eigenvalue weighted by Gasteiger charge is 2.22. The maximum absolute atomic E-state index is 13.3. The van der Waals surface area contributed by atoms with Crippen LogP contribution in [0.1, 0.15) is 70.7 Å². The first-order valence-electron chi connectivity index (χ1n) is 12.4. The molecule has 0 spiro atoms. The van der Waals surface area contributed by atoms with E-state index in [1.807, 2.05) is 113 Å². The molecule has 0 aliphatic rings. The number of pyridine rings is 2. The van der Waals surface area contributed by atoms with Crippen molar-refractivity contribution < 1.29 is 4.79 Å². The molecule has 4 aromatic rings. The number of hydrogen-bond donors (Lipinski definition) is 0. The summed E-state index contributed by atoms with van der Waals surface area (Å²) < 4.78 is 0. The van der Waals surface area contributed by atoms with E-state index in [1.54, 1.807) is 0 Å². The van der Waals surface area contributed by atoms with Crippen molar-refractivity contribution in [2.75, 3.05) is 0 Å². The Labute approximate surface area is 214 Å². The van der Waals surface area contributed by atoms with E-state index in [0.717, 1.165) is 45.0 Å². The Balaban J connectivity index is 1.39. The Morgan fingerprint density at radius 3 is 1.33 bits per heavy atom. The standard InChI is InChI=1S/C33H32N2O/c1-23-7-5-9-31(34-23)21-15-27-11-17-29(18-12-27)25(3)33(36)26(4)30-19-13-28(14-20-30)16-22-32-10-6-8-24(2)35-32/h5-22,25-26H,1-4H3. The fraction of sp³-hybridized carbons (Fsp3) is 0.182. The zero-order chi connectivity index (χ0) is 25.5. The average Bonchev–Trinajstić information content (AvgIpc) is 2.90. The first kappa shape index (κ1) is 25.0. The lowest BCUT2D eigenvalue weighted by atomic mass is 9.85. The molecule has 2 atom stereocenters. The van der Waals surface area contributed by atoms with Crippen LogP contribution in [0.2, 0.25) is 0 Å². The van der Waals surface area contributed by atoms with Crippen LogP contribution in [0.5, 0.6) is 0 Å². The summed E-state index contributed by atoms with van der Waals surface area (Å²) in [6, 6.07) is 28.4. The number of hydrogen-bond acceptors (Lipinski definition) is 3. The van der Waals surface area contributed by atoms with Crippen molar-refractivity contribution in [1.82, 2.24) is 9.97 Å². The third-order valence-electron chi connectivity index (χ3n) is 6.44. The van der Waals surface area contributed by atoms with Crippen molar-refractivity contribution in [3.05, 3.63) is 130 Å². The quantitative estimate of drug-likeness (QED) is 0.262. The van der Waals surface area contributed by atoms with Crippen molar-refractivity contribution in [3.8, 4) is 0 Å². The normalized spacial score (nSPS) is 13.2. The highest BCUT2D eigenvalue weighted by Crippen LogP contribution is 2.27. The molecule has 180 valence electrons. The van der Waals surface area contributed by atoms with E-state index >= 15 is 0 Å². The van der Waals surface area contributed by atoms with E-state index in [9.17, 15) is 4.79 Å². The number of benzene rings is 2. The minimum atomic E-state index is -0.177. The molecule has 3 heteroatoms. The number of carbonyl (C=O) groups is 1. The second kappa shape index (κ2) is 11.5. The molecule has 0 fully saturated rings. The van der Waals surface area contributed by atoms with Gasteiger partial charge in [-0.2, -0.15) is 0 Å². The molecule has 2 aromatic carbocycles. The third kappa shape index (κ3) is 6.51. The smallest absolute Gasteiger partial charge is 0.147 e. The van der Waals surface area contributed by atoms with E-state index in [0.29, 0.717) is 0 Å². The van der Waals surface area contributed by atoms with Crippen LogP contribution in [-0.2, 0) is 4.79 Å². The van der Waals surface area contributed by atoms with Crippen LogP contribution < -0.4 is 0 Å². The van der Waals surface area contributed by atoms with E-state index in [4.69, 9.17) is 0 Å². The van der Waals surface area contributed by atoms with Crippen molar-refractivity contribution in [3.63, 3.8) is 0 Å². The van der Waals surface area contributed by atoms with Crippen LogP contribution in [-0.4, -0.2) is 15.8 Å². The summed E-state index contributed by atoms with van der Waals surface area (Å²) in [5.41, 5.74) is 8.10. The lowest BCUT2D eigenvalue weighted by molar-refractivity contribution is -0.121. The van der Waals surface area contributed by atoms with Crippen LogP contribution in [0.3, 0.4) is 0 Å². The monoisotopic (exact) mass is 472 g/mol. The van der Waals surface area contributed by atoms with Gasteiger partial charge in [-0.25, -0.2) is 0 Å². The Hall–Kier alpha value is -4.11. The molecule has 0 amide bonds. The number of ketones is 1. The highest BCUT2D eigenvalue weighted by atomic mass is 16.1. The molecule has 2 unspecified atom stereocenters. The van der Waals surface area contributed by atoms with Gasteiger partial charge in [0.15, 0.2) is 0 Å². The van der Waals surface area contributed by atoms with Crippen LogP contribution in [0.15, 0.2) is 84.9 Å². The maximum Gasteiger partial charge on any atom is 0.147 e. The largest absolute Gasteiger partial charge is 0.298 e. The molecular formula is C33H32N2O. The summed E-state index contributed by atoms with van der Waals surface area (Å²) in [7, 11) is 0. The summed E-state index contributed by atoms with van der Waals surface area (Å²) in [6.45, 7) is 7.96. The van der Waals surface area contributed by atoms with E-state index < -0.39 is 0 Å². The molecule has 36 heavy (non-hydrogen) atoms. The predicted molar refractivity (Wildman–Crippen MR) is 151 cm³/mol. The van der Waals surface area contributed by atoms with Gasteiger partial charge in [0.1, 0.15) is 5.78 Å². The number of carbonyl (C=O) groups excluding carboxylic acids is 1. The third-order valence-corrected chi connectivity index (χ3v) is 6.44. The van der Waals surface area contributed by atoms with Gasteiger partial charge in [-0.15, -0.1) is 0 Å². The molecule has 3 nitrogen and oxygen atoms in total. The van der Waals surface area contributed by atoms with Gasteiger partial charge in [0, 0.05) is 23.2 Å².